The molecule has 0 aliphatic rings. The molecule has 0 aliphatic heterocycles. The van der Waals surface area contributed by atoms with Crippen LogP contribution in [0.1, 0.15) is 22.5 Å². The Morgan fingerprint density at radius 2 is 1.70 bits per heavy atom. The lowest BCUT2D eigenvalue weighted by Gasteiger charge is -2.12. The molecular formula is C19H16FN3. The van der Waals surface area contributed by atoms with Gasteiger partial charge in [-0.2, -0.15) is 5.26 Å². The predicted molar refractivity (Wildman–Crippen MR) is 88.3 cm³/mol. The first-order chi connectivity index (χ1) is 11.2. The van der Waals surface area contributed by atoms with E-state index in [1.54, 1.807) is 18.2 Å². The van der Waals surface area contributed by atoms with E-state index in [-0.39, 0.29) is 5.82 Å². The second-order valence-corrected chi connectivity index (χ2v) is 5.42. The summed E-state index contributed by atoms with van der Waals surface area (Å²) in [5, 5.41) is 9.36. The highest BCUT2D eigenvalue weighted by Gasteiger charge is 2.14. The quantitative estimate of drug-likeness (QED) is 0.798. The van der Waals surface area contributed by atoms with Gasteiger partial charge in [0.1, 0.15) is 17.6 Å². The zero-order valence-corrected chi connectivity index (χ0v) is 12.5. The number of halogens is 1. The van der Waals surface area contributed by atoms with Crippen LogP contribution in [0.4, 0.5) is 10.1 Å². The van der Waals surface area contributed by atoms with Crippen molar-refractivity contribution in [2.24, 2.45) is 0 Å². The van der Waals surface area contributed by atoms with E-state index in [0.717, 1.165) is 16.8 Å². The van der Waals surface area contributed by atoms with Crippen molar-refractivity contribution < 1.29 is 4.39 Å². The Morgan fingerprint density at radius 1 is 1.00 bits per heavy atom. The van der Waals surface area contributed by atoms with Gasteiger partial charge in [-0.25, -0.2) is 4.39 Å². The highest BCUT2D eigenvalue weighted by molar-refractivity contribution is 5.52. The van der Waals surface area contributed by atoms with E-state index in [1.807, 2.05) is 34.9 Å². The third kappa shape index (κ3) is 3.24. The molecule has 4 heteroatoms. The van der Waals surface area contributed by atoms with Crippen LogP contribution in [0.25, 0.3) is 0 Å². The summed E-state index contributed by atoms with van der Waals surface area (Å²) in [6, 6.07) is 20.1. The lowest BCUT2D eigenvalue weighted by molar-refractivity contribution is 0.626. The van der Waals surface area contributed by atoms with Crippen molar-refractivity contribution >= 4 is 5.69 Å². The average molecular weight is 305 g/mol. The van der Waals surface area contributed by atoms with Crippen molar-refractivity contribution in [3.8, 4) is 6.07 Å². The molecule has 2 aromatic carbocycles. The van der Waals surface area contributed by atoms with Crippen LogP contribution in [0.2, 0.25) is 0 Å². The summed E-state index contributed by atoms with van der Waals surface area (Å²) in [6.45, 7) is 0.489. The highest BCUT2D eigenvalue weighted by Crippen LogP contribution is 2.23. The third-order valence-corrected chi connectivity index (χ3v) is 3.82. The van der Waals surface area contributed by atoms with Gasteiger partial charge in [0.25, 0.3) is 0 Å². The fourth-order valence-electron chi connectivity index (χ4n) is 2.64. The molecule has 0 saturated heterocycles. The molecule has 0 aliphatic carbocycles. The minimum Gasteiger partial charge on any atom is -0.397 e. The third-order valence-electron chi connectivity index (χ3n) is 3.82. The summed E-state index contributed by atoms with van der Waals surface area (Å²) in [5.41, 5.74) is 10.2. The Labute approximate surface area is 134 Å². The Bertz CT molecular complexity index is 843. The summed E-state index contributed by atoms with van der Waals surface area (Å²) in [4.78, 5) is 0. The molecule has 0 spiro atoms. The Morgan fingerprint density at radius 3 is 2.35 bits per heavy atom. The van der Waals surface area contributed by atoms with Crippen LogP contribution in [0.15, 0.2) is 60.7 Å². The SMILES string of the molecule is N#Cc1cc(N)c(Cc2ccccc2)n1Cc1ccc(F)cc1. The molecule has 3 aromatic rings. The fraction of sp³-hybridized carbons (Fsp3) is 0.105. The van der Waals surface area contributed by atoms with E-state index in [0.29, 0.717) is 24.3 Å². The van der Waals surface area contributed by atoms with Crippen LogP contribution in [-0.2, 0) is 13.0 Å². The van der Waals surface area contributed by atoms with Gasteiger partial charge in [0.2, 0.25) is 0 Å². The minimum absolute atomic E-state index is 0.272. The molecule has 3 nitrogen and oxygen atoms in total. The van der Waals surface area contributed by atoms with Crippen molar-refractivity contribution in [3.63, 3.8) is 0 Å². The normalized spacial score (nSPS) is 10.4. The Hall–Kier alpha value is -3.06. The second kappa shape index (κ2) is 6.37. The molecule has 0 fully saturated rings. The monoisotopic (exact) mass is 305 g/mol. The number of nitrogens with zero attached hydrogens (tertiary/aromatic N) is 2. The van der Waals surface area contributed by atoms with E-state index in [9.17, 15) is 9.65 Å². The van der Waals surface area contributed by atoms with E-state index in [4.69, 9.17) is 5.73 Å². The molecule has 0 bridgehead atoms. The van der Waals surface area contributed by atoms with Gasteiger partial charge >= 0.3 is 0 Å². The summed E-state index contributed by atoms with van der Waals surface area (Å²) >= 11 is 0. The van der Waals surface area contributed by atoms with E-state index < -0.39 is 0 Å². The van der Waals surface area contributed by atoms with Crippen LogP contribution < -0.4 is 5.73 Å². The molecule has 3 rings (SSSR count). The number of nitrogen functional groups attached to an aromatic ring is 1. The number of hydrogen-bond acceptors (Lipinski definition) is 2. The number of aromatic nitrogens is 1. The first kappa shape index (κ1) is 14.9. The number of nitrogens with two attached hydrogens (primary N) is 1. The number of rotatable bonds is 4. The van der Waals surface area contributed by atoms with E-state index in [2.05, 4.69) is 6.07 Å². The number of benzene rings is 2. The number of nitriles is 1. The van der Waals surface area contributed by atoms with Crippen molar-refractivity contribution in [2.45, 2.75) is 13.0 Å². The molecule has 0 saturated carbocycles. The summed E-state index contributed by atoms with van der Waals surface area (Å²) in [6.07, 6.45) is 0.648. The molecule has 23 heavy (non-hydrogen) atoms. The zero-order chi connectivity index (χ0) is 16.2. The van der Waals surface area contributed by atoms with Gasteiger partial charge in [0.05, 0.1) is 5.69 Å². The Kier molecular flexibility index (Phi) is 4.11. The smallest absolute Gasteiger partial charge is 0.123 e. The first-order valence-electron chi connectivity index (χ1n) is 7.33. The molecule has 0 radical (unpaired) electrons. The molecule has 0 atom stereocenters. The van der Waals surface area contributed by atoms with Crippen molar-refractivity contribution in [1.82, 2.24) is 4.57 Å². The summed E-state index contributed by atoms with van der Waals surface area (Å²) < 4.78 is 15.0. The lowest BCUT2D eigenvalue weighted by Crippen LogP contribution is -2.08. The average Bonchev–Trinajstić information content (AvgIpc) is 2.86. The molecule has 0 unspecified atom stereocenters. The Balaban J connectivity index is 1.97. The van der Waals surface area contributed by atoms with Gasteiger partial charge in [-0.15, -0.1) is 0 Å². The van der Waals surface area contributed by atoms with E-state index >= 15 is 0 Å². The van der Waals surface area contributed by atoms with Gasteiger partial charge in [0, 0.05) is 18.7 Å². The van der Waals surface area contributed by atoms with E-state index in [1.165, 1.54) is 12.1 Å². The van der Waals surface area contributed by atoms with Crippen LogP contribution in [0.5, 0.6) is 0 Å². The summed E-state index contributed by atoms with van der Waals surface area (Å²) in [5.74, 6) is -0.272. The van der Waals surface area contributed by atoms with Crippen LogP contribution in [0, 0.1) is 17.1 Å². The second-order valence-electron chi connectivity index (χ2n) is 5.42. The van der Waals surface area contributed by atoms with Gasteiger partial charge in [0.15, 0.2) is 0 Å². The summed E-state index contributed by atoms with van der Waals surface area (Å²) in [7, 11) is 0. The van der Waals surface area contributed by atoms with Gasteiger partial charge < -0.3 is 10.3 Å². The van der Waals surface area contributed by atoms with Crippen molar-refractivity contribution in [2.75, 3.05) is 5.73 Å². The first-order valence-corrected chi connectivity index (χ1v) is 7.33. The molecule has 0 amide bonds. The number of anilines is 1. The van der Waals surface area contributed by atoms with Crippen molar-refractivity contribution in [3.05, 3.63) is 89.0 Å². The van der Waals surface area contributed by atoms with Crippen molar-refractivity contribution in [1.29, 1.82) is 5.26 Å². The van der Waals surface area contributed by atoms with Crippen LogP contribution >= 0.6 is 0 Å². The number of hydrogen-bond donors (Lipinski definition) is 1. The lowest BCUT2D eigenvalue weighted by atomic mass is 10.1. The maximum Gasteiger partial charge on any atom is 0.123 e. The van der Waals surface area contributed by atoms with Crippen LogP contribution in [0.3, 0.4) is 0 Å². The topological polar surface area (TPSA) is 54.7 Å². The fourth-order valence-corrected chi connectivity index (χ4v) is 2.64. The van der Waals surface area contributed by atoms with Crippen LogP contribution in [-0.4, -0.2) is 4.57 Å². The maximum absolute atomic E-state index is 13.1. The van der Waals surface area contributed by atoms with Gasteiger partial charge in [-0.05, 0) is 29.3 Å². The van der Waals surface area contributed by atoms with Gasteiger partial charge in [-0.3, -0.25) is 0 Å². The highest BCUT2D eigenvalue weighted by atomic mass is 19.1. The predicted octanol–water partition coefficient (Wildman–Crippen LogP) is 3.72. The largest absolute Gasteiger partial charge is 0.397 e. The van der Waals surface area contributed by atoms with Gasteiger partial charge in [-0.1, -0.05) is 42.5 Å². The standard InChI is InChI=1S/C19H16FN3/c20-16-8-6-15(7-9-16)13-23-17(12-21)11-18(22)19(23)10-14-4-2-1-3-5-14/h1-9,11H,10,13,22H2. The molecule has 1 heterocycles. The zero-order valence-electron chi connectivity index (χ0n) is 12.5. The molecule has 1 aromatic heterocycles. The molecule has 2 N–H and O–H groups in total. The molecule has 114 valence electrons. The molecular weight excluding hydrogens is 289 g/mol. The maximum atomic E-state index is 13.1. The minimum atomic E-state index is -0.272.